The molecule has 104 valence electrons. The predicted molar refractivity (Wildman–Crippen MR) is 82.8 cm³/mol. The Bertz CT molecular complexity index is 446. The Morgan fingerprint density at radius 1 is 1.42 bits per heavy atom. The van der Waals surface area contributed by atoms with Crippen molar-refractivity contribution in [2.45, 2.75) is 19.3 Å². The van der Waals surface area contributed by atoms with Gasteiger partial charge in [0, 0.05) is 6.54 Å². The van der Waals surface area contributed by atoms with Gasteiger partial charge in [-0.3, -0.25) is 4.79 Å². The Balaban J connectivity index is 2.27. The smallest absolute Gasteiger partial charge is 0.261 e. The quantitative estimate of drug-likeness (QED) is 0.600. The highest BCUT2D eigenvalue weighted by molar-refractivity contribution is 7.98. The maximum absolute atomic E-state index is 11.8. The number of aliphatic hydroxyl groups is 1. The second kappa shape index (κ2) is 9.90. The van der Waals surface area contributed by atoms with Crippen molar-refractivity contribution in [2.75, 3.05) is 25.2 Å². The van der Waals surface area contributed by atoms with Crippen molar-refractivity contribution in [3.8, 4) is 11.8 Å². The van der Waals surface area contributed by atoms with E-state index < -0.39 is 0 Å². The Hall–Kier alpha value is -0.960. The zero-order valence-corrected chi connectivity index (χ0v) is 12.7. The fraction of sp³-hybridized carbons (Fsp3) is 0.500. The van der Waals surface area contributed by atoms with Crippen LogP contribution in [0.1, 0.15) is 33.8 Å². The fourth-order valence-electron chi connectivity index (χ4n) is 1.49. The lowest BCUT2D eigenvalue weighted by atomic mass is 10.2. The number of rotatable bonds is 7. The van der Waals surface area contributed by atoms with Gasteiger partial charge in [0.15, 0.2) is 0 Å². The minimum Gasteiger partial charge on any atom is -0.384 e. The predicted octanol–water partition coefficient (Wildman–Crippen LogP) is 2.36. The zero-order chi connectivity index (χ0) is 13.9. The van der Waals surface area contributed by atoms with E-state index in [1.807, 2.05) is 11.8 Å². The van der Waals surface area contributed by atoms with E-state index in [0.29, 0.717) is 4.88 Å². The molecule has 0 unspecified atom stereocenters. The summed E-state index contributed by atoms with van der Waals surface area (Å²) in [7, 11) is 0. The van der Waals surface area contributed by atoms with Crippen molar-refractivity contribution in [1.82, 2.24) is 5.32 Å². The molecule has 0 aromatic carbocycles. The number of carbonyl (C=O) groups is 1. The molecule has 0 spiro atoms. The molecule has 1 aromatic heterocycles. The molecule has 2 N–H and O–H groups in total. The van der Waals surface area contributed by atoms with E-state index in [1.165, 1.54) is 23.5 Å². The van der Waals surface area contributed by atoms with E-state index >= 15 is 0 Å². The van der Waals surface area contributed by atoms with Gasteiger partial charge in [-0.15, -0.1) is 11.3 Å². The molecule has 0 saturated heterocycles. The summed E-state index contributed by atoms with van der Waals surface area (Å²) >= 11 is 3.21. The number of thiophene rings is 1. The molecule has 1 amide bonds. The Kier molecular flexibility index (Phi) is 8.39. The number of aliphatic hydroxyl groups excluding tert-OH is 1. The topological polar surface area (TPSA) is 49.3 Å². The lowest BCUT2D eigenvalue weighted by Gasteiger charge is -2.02. The standard InChI is InChI=1S/C14H19NO2S2/c1-18-11-4-2-3-9-15-14(17)13-8-7-12(19-13)6-5-10-16/h7-8,16H,2-4,9-11H2,1H3,(H,15,17). The molecule has 0 atom stereocenters. The summed E-state index contributed by atoms with van der Waals surface area (Å²) in [6, 6.07) is 3.58. The van der Waals surface area contributed by atoms with Crippen molar-refractivity contribution in [2.24, 2.45) is 0 Å². The van der Waals surface area contributed by atoms with Crippen LogP contribution in [0.25, 0.3) is 0 Å². The number of amides is 1. The van der Waals surface area contributed by atoms with E-state index in [-0.39, 0.29) is 12.5 Å². The summed E-state index contributed by atoms with van der Waals surface area (Å²) in [5, 5.41) is 11.5. The van der Waals surface area contributed by atoms with Gasteiger partial charge in [0.25, 0.3) is 5.91 Å². The molecular weight excluding hydrogens is 278 g/mol. The third kappa shape index (κ3) is 6.67. The maximum Gasteiger partial charge on any atom is 0.261 e. The highest BCUT2D eigenvalue weighted by atomic mass is 32.2. The van der Waals surface area contributed by atoms with E-state index in [0.717, 1.165) is 24.3 Å². The number of nitrogens with one attached hydrogen (secondary N) is 1. The molecule has 5 heteroatoms. The third-order valence-electron chi connectivity index (χ3n) is 2.43. The number of hydrogen-bond acceptors (Lipinski definition) is 4. The van der Waals surface area contributed by atoms with Crippen LogP contribution in [0.4, 0.5) is 0 Å². The summed E-state index contributed by atoms with van der Waals surface area (Å²) in [5.41, 5.74) is 0. The van der Waals surface area contributed by atoms with Crippen LogP contribution < -0.4 is 5.32 Å². The maximum atomic E-state index is 11.8. The third-order valence-corrected chi connectivity index (χ3v) is 4.13. The molecule has 1 rings (SSSR count). The zero-order valence-electron chi connectivity index (χ0n) is 11.1. The first-order valence-electron chi connectivity index (χ1n) is 6.24. The van der Waals surface area contributed by atoms with Gasteiger partial charge in [-0.1, -0.05) is 18.3 Å². The second-order valence-electron chi connectivity index (χ2n) is 3.93. The Morgan fingerprint density at radius 3 is 3.00 bits per heavy atom. The molecule has 0 aliphatic carbocycles. The molecule has 3 nitrogen and oxygen atoms in total. The first kappa shape index (κ1) is 16.1. The normalized spacial score (nSPS) is 9.79. The van der Waals surface area contributed by atoms with Gasteiger partial charge in [0.05, 0.1) is 9.75 Å². The van der Waals surface area contributed by atoms with Crippen molar-refractivity contribution in [1.29, 1.82) is 0 Å². The SMILES string of the molecule is CSCCCCCNC(=O)c1ccc(C#CCO)s1. The number of thioether (sulfide) groups is 1. The summed E-state index contributed by atoms with van der Waals surface area (Å²) in [6.07, 6.45) is 5.49. The van der Waals surface area contributed by atoms with Gasteiger partial charge in [0.2, 0.25) is 0 Å². The first-order chi connectivity index (χ1) is 9.27. The molecule has 19 heavy (non-hydrogen) atoms. The number of unbranched alkanes of at least 4 members (excludes halogenated alkanes) is 2. The molecule has 1 heterocycles. The van der Waals surface area contributed by atoms with E-state index in [1.54, 1.807) is 12.1 Å². The number of hydrogen-bond donors (Lipinski definition) is 2. The molecule has 0 aliphatic heterocycles. The van der Waals surface area contributed by atoms with E-state index in [2.05, 4.69) is 23.4 Å². The Labute approximate surface area is 122 Å². The van der Waals surface area contributed by atoms with Gasteiger partial charge < -0.3 is 10.4 Å². The molecule has 0 bridgehead atoms. The molecule has 0 saturated carbocycles. The minimum atomic E-state index is -0.157. The fourth-order valence-corrected chi connectivity index (χ4v) is 2.78. The van der Waals surface area contributed by atoms with Crippen LogP contribution in [0.3, 0.4) is 0 Å². The monoisotopic (exact) mass is 297 g/mol. The first-order valence-corrected chi connectivity index (χ1v) is 8.45. The summed E-state index contributed by atoms with van der Waals surface area (Å²) in [5.74, 6) is 6.52. The van der Waals surface area contributed by atoms with Crippen molar-refractivity contribution >= 4 is 29.0 Å². The highest BCUT2D eigenvalue weighted by Crippen LogP contribution is 2.15. The van der Waals surface area contributed by atoms with Crippen molar-refractivity contribution in [3.05, 3.63) is 21.9 Å². The Morgan fingerprint density at radius 2 is 2.26 bits per heavy atom. The van der Waals surface area contributed by atoms with Crippen LogP contribution in [-0.2, 0) is 0 Å². The number of carbonyl (C=O) groups excluding carboxylic acids is 1. The average Bonchev–Trinajstić information content (AvgIpc) is 2.89. The van der Waals surface area contributed by atoms with Crippen LogP contribution >= 0.6 is 23.1 Å². The molecule has 0 aliphatic rings. The van der Waals surface area contributed by atoms with Gasteiger partial charge >= 0.3 is 0 Å². The largest absolute Gasteiger partial charge is 0.384 e. The lowest BCUT2D eigenvalue weighted by molar-refractivity contribution is 0.0957. The molecular formula is C14H19NO2S2. The van der Waals surface area contributed by atoms with Crippen molar-refractivity contribution in [3.63, 3.8) is 0 Å². The summed E-state index contributed by atoms with van der Waals surface area (Å²) < 4.78 is 0. The van der Waals surface area contributed by atoms with Crippen molar-refractivity contribution < 1.29 is 9.90 Å². The summed E-state index contributed by atoms with van der Waals surface area (Å²) in [4.78, 5) is 13.3. The molecule has 0 radical (unpaired) electrons. The van der Waals surface area contributed by atoms with Crippen LogP contribution in [0.15, 0.2) is 12.1 Å². The summed E-state index contributed by atoms with van der Waals surface area (Å²) in [6.45, 7) is 0.568. The van der Waals surface area contributed by atoms with E-state index in [4.69, 9.17) is 5.11 Å². The average molecular weight is 297 g/mol. The van der Waals surface area contributed by atoms with Crippen LogP contribution in [0.5, 0.6) is 0 Å². The van der Waals surface area contributed by atoms with Gasteiger partial charge in [-0.05, 0) is 37.0 Å². The van der Waals surface area contributed by atoms with E-state index in [9.17, 15) is 4.79 Å². The van der Waals surface area contributed by atoms with Crippen LogP contribution in [-0.4, -0.2) is 36.2 Å². The lowest BCUT2D eigenvalue weighted by Crippen LogP contribution is -2.23. The molecule has 1 aromatic rings. The highest BCUT2D eigenvalue weighted by Gasteiger charge is 2.07. The van der Waals surface area contributed by atoms with Gasteiger partial charge in [-0.25, -0.2) is 0 Å². The second-order valence-corrected chi connectivity index (χ2v) is 6.00. The van der Waals surface area contributed by atoms with Gasteiger partial charge in [0.1, 0.15) is 6.61 Å². The van der Waals surface area contributed by atoms with Crippen LogP contribution in [0.2, 0.25) is 0 Å². The van der Waals surface area contributed by atoms with Gasteiger partial charge in [-0.2, -0.15) is 11.8 Å². The minimum absolute atomic E-state index is 0.0353. The molecule has 0 fully saturated rings. The van der Waals surface area contributed by atoms with Crippen LogP contribution in [0, 0.1) is 11.8 Å².